The number of aryl methyl sites for hydroxylation is 2. The van der Waals surface area contributed by atoms with Crippen LogP contribution in [-0.4, -0.2) is 50.1 Å². The molecule has 0 radical (unpaired) electrons. The predicted octanol–water partition coefficient (Wildman–Crippen LogP) is 3.44. The first-order valence-corrected chi connectivity index (χ1v) is 9.95. The zero-order chi connectivity index (χ0) is 19.2. The summed E-state index contributed by atoms with van der Waals surface area (Å²) >= 11 is 6.15. The van der Waals surface area contributed by atoms with Crippen LogP contribution in [0.4, 0.5) is 5.69 Å². The van der Waals surface area contributed by atoms with Crippen LogP contribution >= 0.6 is 11.6 Å². The van der Waals surface area contributed by atoms with E-state index in [1.165, 1.54) is 22.4 Å². The number of nitrogens with one attached hydrogen (secondary N) is 1. The summed E-state index contributed by atoms with van der Waals surface area (Å²) in [4.78, 5) is 16.8. The molecule has 27 heavy (non-hydrogen) atoms. The smallest absolute Gasteiger partial charge is 0.234 e. The highest BCUT2D eigenvalue weighted by Gasteiger charge is 2.20. The molecule has 0 aliphatic carbocycles. The third-order valence-electron chi connectivity index (χ3n) is 5.23. The molecule has 1 heterocycles. The minimum Gasteiger partial charge on any atom is -0.369 e. The lowest BCUT2D eigenvalue weighted by atomic mass is 10.1. The van der Waals surface area contributed by atoms with Crippen LogP contribution in [0.5, 0.6) is 0 Å². The molecular weight excluding hydrogens is 358 g/mol. The van der Waals surface area contributed by atoms with Crippen LogP contribution in [0.15, 0.2) is 42.5 Å². The highest BCUT2D eigenvalue weighted by molar-refractivity contribution is 6.30. The number of benzene rings is 2. The molecule has 0 atom stereocenters. The summed E-state index contributed by atoms with van der Waals surface area (Å²) in [5, 5.41) is 3.82. The second-order valence-corrected chi connectivity index (χ2v) is 7.66. The summed E-state index contributed by atoms with van der Waals surface area (Å²) in [5.41, 5.74) is 5.01. The lowest BCUT2D eigenvalue weighted by molar-refractivity contribution is -0.122. The van der Waals surface area contributed by atoms with Gasteiger partial charge in [0.2, 0.25) is 5.91 Å². The summed E-state index contributed by atoms with van der Waals surface area (Å²) < 4.78 is 0. The molecule has 1 amide bonds. The molecule has 1 saturated heterocycles. The van der Waals surface area contributed by atoms with Crippen molar-refractivity contribution >= 4 is 23.2 Å². The first-order valence-electron chi connectivity index (χ1n) is 9.57. The summed E-state index contributed by atoms with van der Waals surface area (Å²) in [6, 6.07) is 14.3. The second kappa shape index (κ2) is 9.25. The molecule has 3 rings (SSSR count). The highest BCUT2D eigenvalue weighted by Crippen LogP contribution is 2.25. The monoisotopic (exact) mass is 385 g/mol. The Hall–Kier alpha value is -2.04. The fourth-order valence-corrected chi connectivity index (χ4v) is 3.72. The lowest BCUT2D eigenvalue weighted by Gasteiger charge is -2.36. The van der Waals surface area contributed by atoms with E-state index in [-0.39, 0.29) is 5.91 Å². The van der Waals surface area contributed by atoms with Gasteiger partial charge in [-0.1, -0.05) is 41.9 Å². The molecule has 0 spiro atoms. The summed E-state index contributed by atoms with van der Waals surface area (Å²) in [5.74, 6) is 0.107. The predicted molar refractivity (Wildman–Crippen MR) is 113 cm³/mol. The molecule has 144 valence electrons. The van der Waals surface area contributed by atoms with Crippen molar-refractivity contribution in [3.8, 4) is 0 Å². The minimum atomic E-state index is 0.107. The van der Waals surface area contributed by atoms with Crippen LogP contribution in [0.3, 0.4) is 0 Å². The van der Waals surface area contributed by atoms with Gasteiger partial charge in [0.15, 0.2) is 0 Å². The van der Waals surface area contributed by atoms with Crippen LogP contribution in [-0.2, 0) is 11.2 Å². The summed E-state index contributed by atoms with van der Waals surface area (Å²) in [7, 11) is 0. The van der Waals surface area contributed by atoms with Gasteiger partial charge in [0.05, 0.1) is 6.54 Å². The van der Waals surface area contributed by atoms with E-state index in [4.69, 9.17) is 11.6 Å². The third-order valence-corrected chi connectivity index (χ3v) is 5.46. The molecule has 0 bridgehead atoms. The number of halogens is 1. The largest absolute Gasteiger partial charge is 0.369 e. The summed E-state index contributed by atoms with van der Waals surface area (Å²) in [6.45, 7) is 8.98. The van der Waals surface area contributed by atoms with E-state index in [0.29, 0.717) is 13.1 Å². The number of nitrogens with zero attached hydrogens (tertiary/aromatic N) is 2. The van der Waals surface area contributed by atoms with E-state index in [9.17, 15) is 4.79 Å². The SMILES string of the molecule is Cc1ccccc1CCNC(=O)CN1CCN(c2cc(Cl)ccc2C)CC1. The molecule has 1 aliphatic rings. The fourth-order valence-electron chi connectivity index (χ4n) is 3.56. The van der Waals surface area contributed by atoms with Gasteiger partial charge in [0, 0.05) is 43.4 Å². The van der Waals surface area contributed by atoms with Crippen molar-refractivity contribution in [2.45, 2.75) is 20.3 Å². The molecule has 5 heteroatoms. The standard InChI is InChI=1S/C22H28ClN3O/c1-17-5-3-4-6-19(17)9-10-24-22(27)16-25-11-13-26(14-12-25)21-15-20(23)8-7-18(21)2/h3-8,15H,9-14,16H2,1-2H3,(H,24,27). The van der Waals surface area contributed by atoms with Gasteiger partial charge in [-0.25, -0.2) is 0 Å². The van der Waals surface area contributed by atoms with E-state index in [0.717, 1.165) is 37.6 Å². The van der Waals surface area contributed by atoms with Gasteiger partial charge < -0.3 is 10.2 Å². The molecule has 0 saturated carbocycles. The number of amides is 1. The fraction of sp³-hybridized carbons (Fsp3) is 0.409. The zero-order valence-electron chi connectivity index (χ0n) is 16.2. The molecule has 0 aromatic heterocycles. The van der Waals surface area contributed by atoms with E-state index in [1.807, 2.05) is 24.3 Å². The summed E-state index contributed by atoms with van der Waals surface area (Å²) in [6.07, 6.45) is 0.875. The average molecular weight is 386 g/mol. The maximum atomic E-state index is 12.3. The van der Waals surface area contributed by atoms with Crippen LogP contribution in [0.25, 0.3) is 0 Å². The van der Waals surface area contributed by atoms with Crippen LogP contribution in [0.2, 0.25) is 5.02 Å². The average Bonchev–Trinajstić information content (AvgIpc) is 2.66. The number of carbonyl (C=O) groups is 1. The molecule has 4 nitrogen and oxygen atoms in total. The first-order chi connectivity index (χ1) is 13.0. The van der Waals surface area contributed by atoms with Gasteiger partial charge >= 0.3 is 0 Å². The van der Waals surface area contributed by atoms with Crippen molar-refractivity contribution < 1.29 is 4.79 Å². The van der Waals surface area contributed by atoms with Gasteiger partial charge in [0.1, 0.15) is 0 Å². The van der Waals surface area contributed by atoms with E-state index in [1.54, 1.807) is 0 Å². The van der Waals surface area contributed by atoms with Crippen molar-refractivity contribution in [3.63, 3.8) is 0 Å². The van der Waals surface area contributed by atoms with Gasteiger partial charge in [0.25, 0.3) is 0 Å². The van der Waals surface area contributed by atoms with E-state index < -0.39 is 0 Å². The van der Waals surface area contributed by atoms with E-state index >= 15 is 0 Å². The molecule has 2 aromatic rings. The van der Waals surface area contributed by atoms with Crippen molar-refractivity contribution in [2.24, 2.45) is 0 Å². The van der Waals surface area contributed by atoms with Gasteiger partial charge in [-0.2, -0.15) is 0 Å². The lowest BCUT2D eigenvalue weighted by Crippen LogP contribution is -2.49. The Balaban J connectivity index is 1.41. The van der Waals surface area contributed by atoms with Crippen LogP contribution in [0, 0.1) is 13.8 Å². The third kappa shape index (κ3) is 5.47. The second-order valence-electron chi connectivity index (χ2n) is 7.22. The Morgan fingerprint density at radius 1 is 1.04 bits per heavy atom. The number of hydrogen-bond acceptors (Lipinski definition) is 3. The van der Waals surface area contributed by atoms with Crippen molar-refractivity contribution in [1.29, 1.82) is 0 Å². The molecule has 2 aromatic carbocycles. The zero-order valence-corrected chi connectivity index (χ0v) is 16.9. The molecule has 0 unspecified atom stereocenters. The number of carbonyl (C=O) groups excluding carboxylic acids is 1. The normalized spacial score (nSPS) is 15.0. The Kier molecular flexibility index (Phi) is 6.75. The minimum absolute atomic E-state index is 0.107. The van der Waals surface area contributed by atoms with Crippen molar-refractivity contribution in [2.75, 3.05) is 44.2 Å². The number of piperazine rings is 1. The van der Waals surface area contributed by atoms with Gasteiger partial charge in [-0.15, -0.1) is 0 Å². The van der Waals surface area contributed by atoms with Gasteiger partial charge in [-0.05, 0) is 49.1 Å². The van der Waals surface area contributed by atoms with E-state index in [2.05, 4.69) is 47.2 Å². The highest BCUT2D eigenvalue weighted by atomic mass is 35.5. The Labute approximate surface area is 167 Å². The topological polar surface area (TPSA) is 35.6 Å². The number of rotatable bonds is 6. The van der Waals surface area contributed by atoms with Crippen molar-refractivity contribution in [3.05, 3.63) is 64.2 Å². The van der Waals surface area contributed by atoms with Gasteiger partial charge in [-0.3, -0.25) is 9.69 Å². The Morgan fingerprint density at radius 2 is 1.78 bits per heavy atom. The number of anilines is 1. The Morgan fingerprint density at radius 3 is 2.52 bits per heavy atom. The molecular formula is C22H28ClN3O. The van der Waals surface area contributed by atoms with Crippen LogP contribution < -0.4 is 10.2 Å². The molecule has 1 fully saturated rings. The Bertz CT molecular complexity index is 785. The molecule has 1 N–H and O–H groups in total. The first kappa shape index (κ1) is 19.7. The quantitative estimate of drug-likeness (QED) is 0.827. The van der Waals surface area contributed by atoms with Crippen molar-refractivity contribution in [1.82, 2.24) is 10.2 Å². The molecule has 1 aliphatic heterocycles. The number of hydrogen-bond donors (Lipinski definition) is 1. The van der Waals surface area contributed by atoms with Crippen LogP contribution in [0.1, 0.15) is 16.7 Å². The maximum Gasteiger partial charge on any atom is 0.234 e. The maximum absolute atomic E-state index is 12.3.